The highest BCUT2D eigenvalue weighted by molar-refractivity contribution is 7.92. The summed E-state index contributed by atoms with van der Waals surface area (Å²) < 4.78 is 31.7. The van der Waals surface area contributed by atoms with E-state index in [0.717, 1.165) is 36.7 Å². The van der Waals surface area contributed by atoms with Gasteiger partial charge in [-0.2, -0.15) is 4.72 Å². The fourth-order valence-corrected chi connectivity index (χ4v) is 4.14. The SMILES string of the molecule is C[C@H](NS(=O)(=O)/C=C/c1ccccc1)C(=O)O[C@@H](C)C(=O)NC1CCCCCC1. The van der Waals surface area contributed by atoms with Gasteiger partial charge >= 0.3 is 5.97 Å². The number of sulfonamides is 1. The number of carbonyl (C=O) groups is 2. The molecule has 8 heteroatoms. The van der Waals surface area contributed by atoms with Crippen molar-refractivity contribution < 1.29 is 22.7 Å². The van der Waals surface area contributed by atoms with Crippen molar-refractivity contribution in [3.63, 3.8) is 0 Å². The minimum absolute atomic E-state index is 0.102. The average molecular weight is 423 g/mol. The lowest BCUT2D eigenvalue weighted by Gasteiger charge is -2.21. The fourth-order valence-electron chi connectivity index (χ4n) is 3.14. The molecule has 1 saturated carbocycles. The molecule has 0 saturated heterocycles. The Kier molecular flexibility index (Phi) is 8.85. The fraction of sp³-hybridized carbons (Fsp3) is 0.524. The van der Waals surface area contributed by atoms with E-state index in [2.05, 4.69) is 10.0 Å². The summed E-state index contributed by atoms with van der Waals surface area (Å²) in [5.41, 5.74) is 0.719. The number of amides is 1. The zero-order chi connectivity index (χ0) is 21.3. The summed E-state index contributed by atoms with van der Waals surface area (Å²) in [6.45, 7) is 2.87. The van der Waals surface area contributed by atoms with Crippen LogP contribution in [-0.2, 0) is 24.3 Å². The molecule has 2 N–H and O–H groups in total. The minimum atomic E-state index is -3.84. The zero-order valence-corrected chi connectivity index (χ0v) is 17.8. The summed E-state index contributed by atoms with van der Waals surface area (Å²) in [5, 5.41) is 3.92. The van der Waals surface area contributed by atoms with E-state index >= 15 is 0 Å². The Morgan fingerprint density at radius 2 is 1.69 bits per heavy atom. The highest BCUT2D eigenvalue weighted by Gasteiger charge is 2.26. The topological polar surface area (TPSA) is 102 Å². The first-order valence-electron chi connectivity index (χ1n) is 10.0. The minimum Gasteiger partial charge on any atom is -0.451 e. The molecule has 0 spiro atoms. The second kappa shape index (κ2) is 11.1. The Morgan fingerprint density at radius 1 is 1.07 bits per heavy atom. The Balaban J connectivity index is 1.83. The van der Waals surface area contributed by atoms with Gasteiger partial charge in [-0.05, 0) is 38.3 Å². The van der Waals surface area contributed by atoms with Gasteiger partial charge in [-0.15, -0.1) is 0 Å². The third-order valence-electron chi connectivity index (χ3n) is 4.80. The van der Waals surface area contributed by atoms with Crippen LogP contribution in [-0.4, -0.2) is 38.5 Å². The van der Waals surface area contributed by atoms with Gasteiger partial charge in [0.25, 0.3) is 5.91 Å². The van der Waals surface area contributed by atoms with Gasteiger partial charge < -0.3 is 10.1 Å². The number of hydrogen-bond donors (Lipinski definition) is 2. The predicted molar refractivity (Wildman–Crippen MR) is 112 cm³/mol. The van der Waals surface area contributed by atoms with E-state index in [0.29, 0.717) is 0 Å². The van der Waals surface area contributed by atoms with Crippen molar-refractivity contribution in [1.29, 1.82) is 0 Å². The summed E-state index contributed by atoms with van der Waals surface area (Å²) in [7, 11) is -3.84. The molecule has 1 aliphatic rings. The molecular weight excluding hydrogens is 392 g/mol. The number of nitrogens with one attached hydrogen (secondary N) is 2. The molecule has 29 heavy (non-hydrogen) atoms. The maximum atomic E-state index is 12.3. The van der Waals surface area contributed by atoms with E-state index in [4.69, 9.17) is 4.74 Å². The quantitative estimate of drug-likeness (QED) is 0.495. The van der Waals surface area contributed by atoms with E-state index in [9.17, 15) is 18.0 Å². The van der Waals surface area contributed by atoms with Crippen LogP contribution in [0.1, 0.15) is 57.9 Å². The first-order valence-corrected chi connectivity index (χ1v) is 11.6. The Hall–Kier alpha value is -2.19. The van der Waals surface area contributed by atoms with Gasteiger partial charge in [0.05, 0.1) is 0 Å². The molecule has 1 aromatic carbocycles. The third kappa shape index (κ3) is 8.37. The van der Waals surface area contributed by atoms with Gasteiger partial charge in [0.15, 0.2) is 6.10 Å². The molecule has 0 heterocycles. The average Bonchev–Trinajstić information content (AvgIpc) is 2.95. The van der Waals surface area contributed by atoms with Gasteiger partial charge in [0, 0.05) is 11.4 Å². The molecule has 0 unspecified atom stereocenters. The molecule has 0 aliphatic heterocycles. The molecule has 1 aromatic rings. The number of benzene rings is 1. The Morgan fingerprint density at radius 3 is 2.31 bits per heavy atom. The third-order valence-corrected chi connectivity index (χ3v) is 5.97. The number of carbonyl (C=O) groups excluding carboxylic acids is 2. The zero-order valence-electron chi connectivity index (χ0n) is 17.0. The van der Waals surface area contributed by atoms with Crippen LogP contribution < -0.4 is 10.0 Å². The second-order valence-electron chi connectivity index (χ2n) is 7.37. The van der Waals surface area contributed by atoms with E-state index in [-0.39, 0.29) is 11.9 Å². The van der Waals surface area contributed by atoms with E-state index in [1.54, 1.807) is 24.3 Å². The van der Waals surface area contributed by atoms with E-state index in [1.165, 1.54) is 32.8 Å². The van der Waals surface area contributed by atoms with Gasteiger partial charge in [0.2, 0.25) is 10.0 Å². The lowest BCUT2D eigenvalue weighted by atomic mass is 10.1. The second-order valence-corrected chi connectivity index (χ2v) is 8.97. The first kappa shape index (κ1) is 23.1. The number of esters is 1. The normalized spacial score (nSPS) is 18.0. The van der Waals surface area contributed by atoms with Crippen LogP contribution in [0.3, 0.4) is 0 Å². The molecule has 0 bridgehead atoms. The van der Waals surface area contributed by atoms with Gasteiger partial charge in [-0.3, -0.25) is 9.59 Å². The molecule has 0 aromatic heterocycles. The highest BCUT2D eigenvalue weighted by Crippen LogP contribution is 2.17. The van der Waals surface area contributed by atoms with Crippen LogP contribution in [0, 0.1) is 0 Å². The van der Waals surface area contributed by atoms with Crippen LogP contribution in [0.15, 0.2) is 35.7 Å². The lowest BCUT2D eigenvalue weighted by Crippen LogP contribution is -2.45. The lowest BCUT2D eigenvalue weighted by molar-refractivity contribution is -0.156. The largest absolute Gasteiger partial charge is 0.451 e. The van der Waals surface area contributed by atoms with Crippen molar-refractivity contribution in [2.24, 2.45) is 0 Å². The van der Waals surface area contributed by atoms with Crippen molar-refractivity contribution in [2.45, 2.75) is 70.6 Å². The smallest absolute Gasteiger partial charge is 0.324 e. The van der Waals surface area contributed by atoms with Crippen molar-refractivity contribution in [3.05, 3.63) is 41.3 Å². The molecule has 0 radical (unpaired) electrons. The van der Waals surface area contributed by atoms with E-state index in [1.807, 2.05) is 6.07 Å². The first-order chi connectivity index (χ1) is 13.8. The van der Waals surface area contributed by atoms with Crippen LogP contribution in [0.4, 0.5) is 0 Å². The Bertz CT molecular complexity index is 800. The van der Waals surface area contributed by atoms with Crippen molar-refractivity contribution >= 4 is 28.0 Å². The molecule has 7 nitrogen and oxygen atoms in total. The molecule has 160 valence electrons. The van der Waals surface area contributed by atoms with Crippen LogP contribution in [0.2, 0.25) is 0 Å². The van der Waals surface area contributed by atoms with Crippen molar-refractivity contribution in [1.82, 2.24) is 10.0 Å². The summed E-state index contributed by atoms with van der Waals surface area (Å²) in [6.07, 6.45) is 6.80. The summed E-state index contributed by atoms with van der Waals surface area (Å²) in [6, 6.07) is 7.92. The Labute approximate surface area is 173 Å². The molecule has 1 amide bonds. The van der Waals surface area contributed by atoms with Crippen molar-refractivity contribution in [2.75, 3.05) is 0 Å². The molecular formula is C21H30N2O5S. The molecule has 2 atom stereocenters. The monoisotopic (exact) mass is 422 g/mol. The van der Waals surface area contributed by atoms with Gasteiger partial charge in [-0.25, -0.2) is 8.42 Å². The summed E-state index contributed by atoms with van der Waals surface area (Å²) in [5.74, 6) is -1.16. The van der Waals surface area contributed by atoms with Crippen LogP contribution >= 0.6 is 0 Å². The van der Waals surface area contributed by atoms with Gasteiger partial charge in [-0.1, -0.05) is 56.0 Å². The predicted octanol–water partition coefficient (Wildman–Crippen LogP) is 2.74. The highest BCUT2D eigenvalue weighted by atomic mass is 32.2. The molecule has 1 fully saturated rings. The van der Waals surface area contributed by atoms with Crippen molar-refractivity contribution in [3.8, 4) is 0 Å². The van der Waals surface area contributed by atoms with E-state index < -0.39 is 28.1 Å². The number of rotatable bonds is 8. The maximum absolute atomic E-state index is 12.3. The van der Waals surface area contributed by atoms with Crippen LogP contribution in [0.25, 0.3) is 6.08 Å². The number of ether oxygens (including phenoxy) is 1. The standard InChI is InChI=1S/C21H30N2O5S/c1-16(23-29(26,27)15-14-18-10-6-5-7-11-18)21(25)28-17(2)20(24)22-19-12-8-3-4-9-13-19/h5-7,10-11,14-17,19,23H,3-4,8-9,12-13H2,1-2H3,(H,22,24)/b15-14+/t16-,17-/m0/s1. The molecule has 2 rings (SSSR count). The van der Waals surface area contributed by atoms with Crippen LogP contribution in [0.5, 0.6) is 0 Å². The molecule has 1 aliphatic carbocycles. The maximum Gasteiger partial charge on any atom is 0.324 e. The summed E-state index contributed by atoms with van der Waals surface area (Å²) in [4.78, 5) is 24.5. The summed E-state index contributed by atoms with van der Waals surface area (Å²) >= 11 is 0. The van der Waals surface area contributed by atoms with Gasteiger partial charge in [0.1, 0.15) is 6.04 Å². The number of hydrogen-bond acceptors (Lipinski definition) is 5.